The van der Waals surface area contributed by atoms with Gasteiger partial charge in [0.2, 0.25) is 28.9 Å². The third-order valence-corrected chi connectivity index (χ3v) is 6.93. The van der Waals surface area contributed by atoms with Gasteiger partial charge >= 0.3 is 0 Å². The van der Waals surface area contributed by atoms with E-state index in [0.29, 0.717) is 47.6 Å². The molecule has 1 heterocycles. The Morgan fingerprint density at radius 3 is 2.46 bits per heavy atom. The molecule has 2 aromatic carbocycles. The number of aromatic nitrogens is 3. The van der Waals surface area contributed by atoms with Gasteiger partial charge in [0.15, 0.2) is 11.5 Å². The van der Waals surface area contributed by atoms with Crippen molar-refractivity contribution in [3.63, 3.8) is 0 Å². The normalized spacial score (nSPS) is 14.7. The Hall–Kier alpha value is -4.61. The molecule has 0 saturated heterocycles. The first-order valence-corrected chi connectivity index (χ1v) is 13.4. The maximum atomic E-state index is 13.7. The lowest BCUT2D eigenvalue weighted by atomic mass is 9.95. The highest BCUT2D eigenvalue weighted by atomic mass is 16.5. The Balaban J connectivity index is 1.87. The molecule has 4 rings (SSSR count). The van der Waals surface area contributed by atoms with Crippen LogP contribution in [-0.2, 0) is 16.0 Å². The number of benzene rings is 1. The highest BCUT2D eigenvalue weighted by molar-refractivity contribution is 5.95. The van der Waals surface area contributed by atoms with Gasteiger partial charge in [0.25, 0.3) is 0 Å². The Morgan fingerprint density at radius 2 is 1.85 bits per heavy atom. The van der Waals surface area contributed by atoms with Gasteiger partial charge in [0.05, 0.1) is 33.1 Å². The number of fused-ring (bicyclic) bond motifs is 3. The summed E-state index contributed by atoms with van der Waals surface area (Å²) in [6, 6.07) is 5.72. The molecule has 41 heavy (non-hydrogen) atoms. The highest BCUT2D eigenvalue weighted by Gasteiger charge is 2.30. The summed E-state index contributed by atoms with van der Waals surface area (Å²) in [6.07, 6.45) is 2.88. The second-order valence-electron chi connectivity index (χ2n) is 10.2. The number of amides is 2. The number of nitrogens with zero attached hydrogens (tertiary/aromatic N) is 2. The summed E-state index contributed by atoms with van der Waals surface area (Å²) in [6.45, 7) is 5.43. The van der Waals surface area contributed by atoms with Crippen molar-refractivity contribution in [2.75, 3.05) is 32.0 Å². The van der Waals surface area contributed by atoms with E-state index in [4.69, 9.17) is 14.2 Å². The predicted octanol–water partition coefficient (Wildman–Crippen LogP) is 3.45. The Bertz CT molecular complexity index is 1470. The van der Waals surface area contributed by atoms with E-state index >= 15 is 0 Å². The molecule has 0 saturated carbocycles. The van der Waals surface area contributed by atoms with Crippen molar-refractivity contribution < 1.29 is 23.8 Å². The van der Waals surface area contributed by atoms with Gasteiger partial charge < -0.3 is 24.8 Å². The lowest BCUT2D eigenvalue weighted by Crippen LogP contribution is -2.37. The van der Waals surface area contributed by atoms with Gasteiger partial charge in [-0.15, -0.1) is 0 Å². The lowest BCUT2D eigenvalue weighted by molar-refractivity contribution is -0.120. The Labute approximate surface area is 238 Å². The first kappa shape index (κ1) is 29.4. The van der Waals surface area contributed by atoms with Crippen molar-refractivity contribution >= 4 is 23.5 Å². The first-order chi connectivity index (χ1) is 19.7. The van der Waals surface area contributed by atoms with Crippen LogP contribution >= 0.6 is 0 Å². The summed E-state index contributed by atoms with van der Waals surface area (Å²) >= 11 is 0. The molecule has 4 N–H and O–H groups in total. The zero-order valence-electron chi connectivity index (χ0n) is 24.1. The monoisotopic (exact) mass is 564 g/mol. The smallest absolute Gasteiger partial charge is 0.249 e. The van der Waals surface area contributed by atoms with Crippen LogP contribution in [-0.4, -0.2) is 54.4 Å². The molecule has 2 atom stereocenters. The third-order valence-electron chi connectivity index (χ3n) is 6.93. The molecule has 0 spiro atoms. The minimum Gasteiger partial charge on any atom is -0.493 e. The standard InChI is InChI=1S/C29H36N6O6/c1-15(2)11-22(28(38)34-29-30-14-31-35-29)33-21-10-8-18-19(13-23(21)37)20(32-16(3)36)9-7-17-12-24(39-4)26(40-5)27(41-6)25(17)18/h8,10,12-15,20,22H,7,9,11H2,1-6H3,(H,32,36)(H,33,37)(H2,30,31,34,35,38). The number of nitrogens with one attached hydrogen (secondary N) is 4. The van der Waals surface area contributed by atoms with Crippen LogP contribution < -0.4 is 35.6 Å². The fourth-order valence-electron chi connectivity index (χ4n) is 5.19. The van der Waals surface area contributed by atoms with E-state index in [1.807, 2.05) is 26.0 Å². The SMILES string of the molecule is COc1cc2c(c(OC)c1OC)-c1ccc(NC(CC(C)C)C(=O)Nc3ncn[nH]3)c(=O)cc1C(NC(C)=O)CC2. The van der Waals surface area contributed by atoms with E-state index in [-0.39, 0.29) is 34.8 Å². The van der Waals surface area contributed by atoms with Gasteiger partial charge in [-0.1, -0.05) is 19.9 Å². The van der Waals surface area contributed by atoms with Crippen LogP contribution in [0, 0.1) is 5.92 Å². The van der Waals surface area contributed by atoms with E-state index in [2.05, 4.69) is 31.1 Å². The van der Waals surface area contributed by atoms with E-state index in [0.717, 1.165) is 11.1 Å². The van der Waals surface area contributed by atoms with Gasteiger partial charge in [0, 0.05) is 12.5 Å². The number of aryl methyl sites for hydroxylation is 1. The third kappa shape index (κ3) is 6.42. The Kier molecular flexibility index (Phi) is 9.10. The maximum absolute atomic E-state index is 13.7. The van der Waals surface area contributed by atoms with Crippen molar-refractivity contribution in [3.8, 4) is 28.4 Å². The molecule has 218 valence electrons. The van der Waals surface area contributed by atoms with Gasteiger partial charge in [-0.05, 0) is 60.1 Å². The average molecular weight is 565 g/mol. The number of carbonyl (C=O) groups is 2. The Morgan fingerprint density at radius 1 is 1.10 bits per heavy atom. The molecular formula is C29H36N6O6. The zero-order chi connectivity index (χ0) is 29.7. The summed E-state index contributed by atoms with van der Waals surface area (Å²) in [7, 11) is 4.64. The van der Waals surface area contributed by atoms with Crippen LogP contribution in [0.1, 0.15) is 50.8 Å². The van der Waals surface area contributed by atoms with E-state index in [1.54, 1.807) is 20.3 Å². The van der Waals surface area contributed by atoms with Gasteiger partial charge in [-0.25, -0.2) is 5.10 Å². The van der Waals surface area contributed by atoms with Crippen LogP contribution in [0.15, 0.2) is 35.4 Å². The summed E-state index contributed by atoms with van der Waals surface area (Å²) in [5.41, 5.74) is 2.91. The molecule has 0 bridgehead atoms. The van der Waals surface area contributed by atoms with Gasteiger partial charge in [0.1, 0.15) is 12.4 Å². The van der Waals surface area contributed by atoms with Crippen LogP contribution in [0.3, 0.4) is 0 Å². The fourth-order valence-corrected chi connectivity index (χ4v) is 5.19. The number of ether oxygens (including phenoxy) is 3. The lowest BCUT2D eigenvalue weighted by Gasteiger charge is -2.20. The van der Waals surface area contributed by atoms with Crippen molar-refractivity contribution in [3.05, 3.63) is 51.9 Å². The van der Waals surface area contributed by atoms with E-state index < -0.39 is 12.1 Å². The first-order valence-electron chi connectivity index (χ1n) is 13.4. The number of carbonyl (C=O) groups excluding carboxylic acids is 2. The zero-order valence-corrected chi connectivity index (χ0v) is 24.1. The molecule has 0 aliphatic heterocycles. The largest absolute Gasteiger partial charge is 0.493 e. The van der Waals surface area contributed by atoms with Crippen molar-refractivity contribution in [2.24, 2.45) is 5.92 Å². The molecule has 1 aromatic heterocycles. The van der Waals surface area contributed by atoms with Crippen LogP contribution in [0.25, 0.3) is 11.1 Å². The minimum absolute atomic E-state index is 0.153. The summed E-state index contributed by atoms with van der Waals surface area (Å²) in [5, 5.41) is 15.2. The number of hydrogen-bond donors (Lipinski definition) is 4. The molecule has 2 amide bonds. The number of anilines is 2. The number of methoxy groups -OCH3 is 3. The number of aromatic amines is 1. The molecule has 1 aliphatic carbocycles. The van der Waals surface area contributed by atoms with Crippen LogP contribution in [0.4, 0.5) is 11.6 Å². The highest BCUT2D eigenvalue weighted by Crippen LogP contribution is 2.50. The molecule has 0 radical (unpaired) electrons. The number of hydrogen-bond acceptors (Lipinski definition) is 9. The molecule has 3 aromatic rings. The summed E-state index contributed by atoms with van der Waals surface area (Å²) in [4.78, 5) is 43.0. The van der Waals surface area contributed by atoms with Crippen molar-refractivity contribution in [2.45, 2.75) is 52.1 Å². The summed E-state index contributed by atoms with van der Waals surface area (Å²) < 4.78 is 17.1. The molecule has 1 aliphatic rings. The number of H-pyrrole nitrogens is 1. The molecule has 12 nitrogen and oxygen atoms in total. The quantitative estimate of drug-likeness (QED) is 0.290. The van der Waals surface area contributed by atoms with Crippen molar-refractivity contribution in [1.82, 2.24) is 20.5 Å². The fraction of sp³-hybridized carbons (Fsp3) is 0.414. The van der Waals surface area contributed by atoms with E-state index in [9.17, 15) is 14.4 Å². The van der Waals surface area contributed by atoms with E-state index in [1.165, 1.54) is 26.4 Å². The maximum Gasteiger partial charge on any atom is 0.249 e. The van der Waals surface area contributed by atoms with Crippen LogP contribution in [0.5, 0.6) is 17.2 Å². The van der Waals surface area contributed by atoms with Gasteiger partial charge in [-0.2, -0.15) is 10.1 Å². The minimum atomic E-state index is -0.729. The molecule has 0 fully saturated rings. The second kappa shape index (κ2) is 12.7. The van der Waals surface area contributed by atoms with Gasteiger partial charge in [-0.3, -0.25) is 19.7 Å². The van der Waals surface area contributed by atoms with Crippen LogP contribution in [0.2, 0.25) is 0 Å². The molecular weight excluding hydrogens is 528 g/mol. The topological polar surface area (TPSA) is 157 Å². The predicted molar refractivity (Wildman–Crippen MR) is 155 cm³/mol. The van der Waals surface area contributed by atoms with Crippen molar-refractivity contribution in [1.29, 1.82) is 0 Å². The second-order valence-corrected chi connectivity index (χ2v) is 10.2. The average Bonchev–Trinajstić information content (AvgIpc) is 3.34. The summed E-state index contributed by atoms with van der Waals surface area (Å²) in [5.74, 6) is 1.19. The molecule has 12 heteroatoms. The molecule has 2 unspecified atom stereocenters. The number of rotatable bonds is 10.